The first-order valence-electron chi connectivity index (χ1n) is 7.42. The molecule has 0 aliphatic rings. The molecule has 0 aliphatic carbocycles. The highest BCUT2D eigenvalue weighted by Gasteiger charge is 2.21. The quantitative estimate of drug-likeness (QED) is 0.601. The number of nitrogens with zero attached hydrogens (tertiary/aromatic N) is 2. The second-order valence-electron chi connectivity index (χ2n) is 5.16. The van der Waals surface area contributed by atoms with Gasteiger partial charge in [0.1, 0.15) is 16.1 Å². The molecule has 1 heterocycles. The highest BCUT2D eigenvalue weighted by Crippen LogP contribution is 2.27. The molecule has 0 bridgehead atoms. The third-order valence-electron chi connectivity index (χ3n) is 3.29. The van der Waals surface area contributed by atoms with Crippen LogP contribution in [0.4, 0.5) is 5.82 Å². The summed E-state index contributed by atoms with van der Waals surface area (Å²) in [5, 5.41) is 0.108. The van der Waals surface area contributed by atoms with Crippen molar-refractivity contribution < 1.29 is 13.2 Å². The summed E-state index contributed by atoms with van der Waals surface area (Å²) < 4.78 is 33.7. The summed E-state index contributed by atoms with van der Waals surface area (Å²) in [6, 6.07) is 15.6. The Kier molecular flexibility index (Phi) is 5.75. The van der Waals surface area contributed by atoms with Crippen LogP contribution < -0.4 is 9.46 Å². The van der Waals surface area contributed by atoms with Gasteiger partial charge in [-0.1, -0.05) is 54.1 Å². The Balaban J connectivity index is 1.87. The average Bonchev–Trinajstić information content (AvgIpc) is 2.63. The second kappa shape index (κ2) is 8.03. The van der Waals surface area contributed by atoms with Gasteiger partial charge in [0.2, 0.25) is 5.82 Å². The van der Waals surface area contributed by atoms with Crippen molar-refractivity contribution in [3.8, 4) is 5.88 Å². The van der Waals surface area contributed by atoms with E-state index >= 15 is 0 Å². The fraction of sp³-hybridized carbons (Fsp3) is 0.0588. The molecule has 9 heteroatoms. The third-order valence-corrected chi connectivity index (χ3v) is 5.51. The lowest BCUT2D eigenvalue weighted by molar-refractivity contribution is 0.294. The van der Waals surface area contributed by atoms with Gasteiger partial charge in [0, 0.05) is 0 Å². The van der Waals surface area contributed by atoms with Crippen molar-refractivity contribution >= 4 is 43.4 Å². The van der Waals surface area contributed by atoms with Crippen molar-refractivity contribution in [1.29, 1.82) is 0 Å². The zero-order valence-corrected chi connectivity index (χ0v) is 16.4. The Morgan fingerprint density at radius 2 is 1.77 bits per heavy atom. The van der Waals surface area contributed by atoms with E-state index in [1.54, 1.807) is 12.1 Å². The van der Waals surface area contributed by atoms with Crippen molar-refractivity contribution in [1.82, 2.24) is 9.97 Å². The Bertz CT molecular complexity index is 1020. The van der Waals surface area contributed by atoms with E-state index in [2.05, 4.69) is 30.6 Å². The van der Waals surface area contributed by atoms with Gasteiger partial charge in [-0.25, -0.2) is 18.4 Å². The lowest BCUT2D eigenvalue weighted by atomic mass is 10.2. The van der Waals surface area contributed by atoms with Gasteiger partial charge in [-0.2, -0.15) is 0 Å². The van der Waals surface area contributed by atoms with E-state index < -0.39 is 10.0 Å². The van der Waals surface area contributed by atoms with Gasteiger partial charge in [0.05, 0.1) is 11.2 Å². The predicted molar refractivity (Wildman–Crippen MR) is 103 cm³/mol. The number of aromatic nitrogens is 2. The number of benzene rings is 2. The fourth-order valence-electron chi connectivity index (χ4n) is 2.09. The molecule has 0 saturated carbocycles. The summed E-state index contributed by atoms with van der Waals surface area (Å²) in [6.45, 7) is 0.215. The van der Waals surface area contributed by atoms with Gasteiger partial charge in [-0.15, -0.1) is 0 Å². The Hall–Kier alpha value is -2.16. The molecule has 3 rings (SSSR count). The summed E-state index contributed by atoms with van der Waals surface area (Å²) in [6.07, 6.45) is 1.37. The second-order valence-corrected chi connectivity index (χ2v) is 8.03. The number of hydrogen-bond acceptors (Lipinski definition) is 5. The average molecular weight is 455 g/mol. The van der Waals surface area contributed by atoms with Crippen LogP contribution in [-0.2, 0) is 16.6 Å². The molecule has 0 spiro atoms. The minimum Gasteiger partial charge on any atom is -0.470 e. The van der Waals surface area contributed by atoms with Crippen LogP contribution in [0.2, 0.25) is 5.02 Å². The fourth-order valence-corrected chi connectivity index (χ4v) is 3.88. The summed E-state index contributed by atoms with van der Waals surface area (Å²) >= 11 is 9.19. The number of rotatable bonds is 6. The van der Waals surface area contributed by atoms with E-state index in [4.69, 9.17) is 16.3 Å². The Labute approximate surface area is 164 Å². The molecule has 0 atom stereocenters. The summed E-state index contributed by atoms with van der Waals surface area (Å²) in [5.74, 6) is 0.0305. The highest BCUT2D eigenvalue weighted by molar-refractivity contribution is 9.10. The largest absolute Gasteiger partial charge is 0.470 e. The highest BCUT2D eigenvalue weighted by atomic mass is 79.9. The van der Waals surface area contributed by atoms with Gasteiger partial charge < -0.3 is 4.74 Å². The normalized spacial score (nSPS) is 11.2. The zero-order chi connectivity index (χ0) is 18.6. The van der Waals surface area contributed by atoms with Crippen LogP contribution in [0.5, 0.6) is 5.88 Å². The maximum atomic E-state index is 12.6. The third kappa shape index (κ3) is 4.51. The van der Waals surface area contributed by atoms with Crippen LogP contribution in [0.25, 0.3) is 0 Å². The molecule has 2 aromatic carbocycles. The first kappa shape index (κ1) is 18.6. The molecule has 0 aliphatic heterocycles. The number of hydrogen-bond donors (Lipinski definition) is 1. The minimum atomic E-state index is -3.94. The molecule has 0 saturated heterocycles. The number of halogens is 2. The summed E-state index contributed by atoms with van der Waals surface area (Å²) in [5.41, 5.74) is 0.911. The Morgan fingerprint density at radius 3 is 2.50 bits per heavy atom. The minimum absolute atomic E-state index is 0.0240. The zero-order valence-electron chi connectivity index (χ0n) is 13.3. The van der Waals surface area contributed by atoms with Crippen molar-refractivity contribution in [2.45, 2.75) is 11.5 Å². The molecule has 0 unspecified atom stereocenters. The topological polar surface area (TPSA) is 81.2 Å². The SMILES string of the molecule is O=S(=O)(Nc1ncc(Br)nc1OCc1ccccc1)c1ccccc1Cl. The molecule has 0 fully saturated rings. The molecule has 3 aromatic rings. The first-order valence-corrected chi connectivity index (χ1v) is 10.1. The van der Waals surface area contributed by atoms with Gasteiger partial charge in [0.25, 0.3) is 15.9 Å². The number of nitrogens with one attached hydrogen (secondary N) is 1. The van der Waals surface area contributed by atoms with Gasteiger partial charge in [-0.05, 0) is 33.6 Å². The molecule has 0 radical (unpaired) electrons. The summed E-state index contributed by atoms with van der Waals surface area (Å²) in [7, 11) is -3.94. The Morgan fingerprint density at radius 1 is 1.08 bits per heavy atom. The number of anilines is 1. The van der Waals surface area contributed by atoms with Crippen molar-refractivity contribution in [2.24, 2.45) is 0 Å². The smallest absolute Gasteiger partial charge is 0.264 e. The van der Waals surface area contributed by atoms with Crippen LogP contribution >= 0.6 is 27.5 Å². The van der Waals surface area contributed by atoms with Gasteiger partial charge in [0.15, 0.2) is 0 Å². The first-order chi connectivity index (χ1) is 12.5. The van der Waals surface area contributed by atoms with Gasteiger partial charge >= 0.3 is 0 Å². The molecule has 0 amide bonds. The van der Waals surface area contributed by atoms with Crippen LogP contribution in [0.3, 0.4) is 0 Å². The van der Waals surface area contributed by atoms with E-state index in [0.717, 1.165) is 5.56 Å². The standard InChI is InChI=1S/C17H13BrClN3O3S/c18-15-10-20-16(17(21-15)25-11-12-6-2-1-3-7-12)22-26(23,24)14-9-5-4-8-13(14)19/h1-10H,11H2,(H,20,22). The van der Waals surface area contributed by atoms with Gasteiger partial charge in [-0.3, -0.25) is 4.72 Å². The van der Waals surface area contributed by atoms with Crippen molar-refractivity contribution in [3.05, 3.63) is 76.0 Å². The maximum Gasteiger partial charge on any atom is 0.264 e. The number of ether oxygens (including phenoxy) is 1. The predicted octanol–water partition coefficient (Wildman–Crippen LogP) is 4.27. The lowest BCUT2D eigenvalue weighted by Crippen LogP contribution is -2.16. The molecule has 6 nitrogen and oxygen atoms in total. The van der Waals surface area contributed by atoms with Crippen molar-refractivity contribution in [3.63, 3.8) is 0 Å². The van der Waals surface area contributed by atoms with Crippen LogP contribution in [-0.4, -0.2) is 18.4 Å². The van der Waals surface area contributed by atoms with E-state index in [-0.39, 0.29) is 28.2 Å². The molecular weight excluding hydrogens is 442 g/mol. The van der Waals surface area contributed by atoms with E-state index in [1.165, 1.54) is 18.3 Å². The molecule has 1 N–H and O–H groups in total. The van der Waals surface area contributed by atoms with Crippen molar-refractivity contribution in [2.75, 3.05) is 4.72 Å². The summed E-state index contributed by atoms with van der Waals surface area (Å²) in [4.78, 5) is 8.17. The van der Waals surface area contributed by atoms with E-state index in [0.29, 0.717) is 4.60 Å². The molecule has 26 heavy (non-hydrogen) atoms. The van der Waals surface area contributed by atoms with E-state index in [1.807, 2.05) is 30.3 Å². The van der Waals surface area contributed by atoms with Crippen LogP contribution in [0.1, 0.15) is 5.56 Å². The van der Waals surface area contributed by atoms with E-state index in [9.17, 15) is 8.42 Å². The molecular formula is C17H13BrClN3O3S. The van der Waals surface area contributed by atoms with Crippen LogP contribution in [0, 0.1) is 0 Å². The number of sulfonamides is 1. The molecule has 134 valence electrons. The maximum absolute atomic E-state index is 12.6. The van der Waals surface area contributed by atoms with Crippen LogP contribution in [0.15, 0.2) is 70.3 Å². The monoisotopic (exact) mass is 453 g/mol. The lowest BCUT2D eigenvalue weighted by Gasteiger charge is -2.13. The molecule has 1 aromatic heterocycles.